The van der Waals surface area contributed by atoms with Gasteiger partial charge >= 0.3 is 6.03 Å². The maximum atomic E-state index is 13.5. The smallest absolute Gasteiger partial charge is 0.326 e. The second-order valence-electron chi connectivity index (χ2n) is 6.89. The first-order valence-electron chi connectivity index (χ1n) is 9.71. The Morgan fingerprint density at radius 2 is 2.06 bits per heavy atom. The summed E-state index contributed by atoms with van der Waals surface area (Å²) >= 11 is 5.85. The van der Waals surface area contributed by atoms with Crippen LogP contribution in [-0.2, 0) is 24.2 Å². The van der Waals surface area contributed by atoms with E-state index in [2.05, 4.69) is 15.5 Å². The van der Waals surface area contributed by atoms with Crippen LogP contribution in [0.15, 0.2) is 42.5 Å². The van der Waals surface area contributed by atoms with Crippen molar-refractivity contribution in [1.29, 1.82) is 0 Å². The molecule has 3 aromatic rings. The van der Waals surface area contributed by atoms with Crippen LogP contribution in [0, 0.1) is 5.82 Å². The summed E-state index contributed by atoms with van der Waals surface area (Å²) in [7, 11) is 1.57. The van der Waals surface area contributed by atoms with E-state index in [1.165, 1.54) is 23.1 Å². The van der Waals surface area contributed by atoms with E-state index in [0.29, 0.717) is 49.1 Å². The quantitative estimate of drug-likeness (QED) is 0.644. The number of rotatable bonds is 5. The van der Waals surface area contributed by atoms with E-state index in [-0.39, 0.29) is 11.6 Å². The summed E-state index contributed by atoms with van der Waals surface area (Å²) in [6, 6.07) is 10.7. The van der Waals surface area contributed by atoms with Crippen molar-refractivity contribution in [1.82, 2.24) is 14.8 Å². The lowest BCUT2D eigenvalue weighted by molar-refractivity contribution is 0.139. The van der Waals surface area contributed by atoms with Crippen LogP contribution >= 0.6 is 11.6 Å². The number of fused-ring (bicyclic) bond motifs is 1. The molecule has 0 fully saturated rings. The molecule has 0 saturated carbocycles. The Bertz CT molecular complexity index is 1070. The number of hydrogen-bond donors (Lipinski definition) is 1. The van der Waals surface area contributed by atoms with Crippen molar-refractivity contribution in [3.05, 3.63) is 65.0 Å². The summed E-state index contributed by atoms with van der Waals surface area (Å²) in [5.74, 6) is 1.58. The number of amides is 2. The minimum absolute atomic E-state index is 0.0726. The van der Waals surface area contributed by atoms with Crippen molar-refractivity contribution in [2.24, 2.45) is 0 Å². The van der Waals surface area contributed by atoms with Crippen molar-refractivity contribution >= 4 is 29.0 Å². The predicted octanol–water partition coefficient (Wildman–Crippen LogP) is 3.89. The lowest BCUT2D eigenvalue weighted by Gasteiger charge is -2.23. The van der Waals surface area contributed by atoms with Gasteiger partial charge in [-0.3, -0.25) is 4.90 Å². The van der Waals surface area contributed by atoms with Crippen LogP contribution in [0.4, 0.5) is 20.6 Å². The lowest BCUT2D eigenvalue weighted by atomic mass is 10.2. The third-order valence-corrected chi connectivity index (χ3v) is 5.22. The Morgan fingerprint density at radius 3 is 2.81 bits per heavy atom. The summed E-state index contributed by atoms with van der Waals surface area (Å²) in [6.45, 7) is 1.94. The maximum absolute atomic E-state index is 13.5. The number of anilines is 2. The Hall–Kier alpha value is -3.17. The molecular formula is C21H21ClFN5O3. The first kappa shape index (κ1) is 21.1. The van der Waals surface area contributed by atoms with E-state index in [4.69, 9.17) is 21.1 Å². The minimum atomic E-state index is -0.556. The molecule has 1 aromatic heterocycles. The van der Waals surface area contributed by atoms with Gasteiger partial charge in [-0.2, -0.15) is 0 Å². The van der Waals surface area contributed by atoms with E-state index >= 15 is 0 Å². The number of halogens is 2. The molecule has 1 aliphatic rings. The molecule has 0 radical (unpaired) electrons. The van der Waals surface area contributed by atoms with E-state index in [1.807, 2.05) is 4.57 Å². The van der Waals surface area contributed by atoms with Crippen LogP contribution in [0.25, 0.3) is 0 Å². The van der Waals surface area contributed by atoms with Gasteiger partial charge in [-0.1, -0.05) is 11.6 Å². The number of hydrogen-bond acceptors (Lipinski definition) is 5. The third-order valence-electron chi connectivity index (χ3n) is 4.93. The number of ether oxygens (including phenoxy) is 2. The number of aromatic nitrogens is 3. The van der Waals surface area contributed by atoms with Crippen molar-refractivity contribution in [2.75, 3.05) is 30.5 Å². The molecule has 0 spiro atoms. The molecule has 162 valence electrons. The number of methoxy groups -OCH3 is 1. The van der Waals surface area contributed by atoms with Gasteiger partial charge in [0.05, 0.1) is 31.9 Å². The summed E-state index contributed by atoms with van der Waals surface area (Å²) in [4.78, 5) is 14.7. The predicted molar refractivity (Wildman–Crippen MR) is 114 cm³/mol. The van der Waals surface area contributed by atoms with Crippen LogP contribution in [0.5, 0.6) is 5.75 Å². The van der Waals surface area contributed by atoms with Crippen LogP contribution in [-0.4, -0.2) is 41.1 Å². The van der Waals surface area contributed by atoms with Crippen molar-refractivity contribution in [3.63, 3.8) is 0 Å². The molecule has 8 nitrogen and oxygen atoms in total. The monoisotopic (exact) mass is 445 g/mol. The molecule has 10 heteroatoms. The first-order chi connectivity index (χ1) is 15.0. The molecule has 2 heterocycles. The molecule has 0 saturated heterocycles. The average molecular weight is 446 g/mol. The summed E-state index contributed by atoms with van der Waals surface area (Å²) < 4.78 is 26.2. The standard InChI is InChI=1S/C21H21ClFN5O3/c1-30-16-5-3-15(4-6-16)28(21(29)24-14-2-7-18(23)17(22)12-14)13-20-26-25-19-8-10-31-11-9-27(19)20/h2-7,12H,8-11,13H2,1H3,(H,24,29). The molecule has 0 aliphatic carbocycles. The van der Waals surface area contributed by atoms with Gasteiger partial charge < -0.3 is 19.4 Å². The number of urea groups is 1. The van der Waals surface area contributed by atoms with Gasteiger partial charge in [-0.05, 0) is 42.5 Å². The Morgan fingerprint density at radius 1 is 1.26 bits per heavy atom. The van der Waals surface area contributed by atoms with E-state index < -0.39 is 11.8 Å². The topological polar surface area (TPSA) is 81.5 Å². The zero-order chi connectivity index (χ0) is 21.8. The van der Waals surface area contributed by atoms with Gasteiger partial charge in [0.25, 0.3) is 0 Å². The zero-order valence-electron chi connectivity index (χ0n) is 16.8. The van der Waals surface area contributed by atoms with E-state index in [1.54, 1.807) is 31.4 Å². The summed E-state index contributed by atoms with van der Waals surface area (Å²) in [6.07, 6.45) is 0.663. The van der Waals surface area contributed by atoms with Gasteiger partial charge in [-0.25, -0.2) is 9.18 Å². The van der Waals surface area contributed by atoms with E-state index in [0.717, 1.165) is 5.82 Å². The number of carbonyl (C=O) groups excluding carboxylic acids is 1. The van der Waals surface area contributed by atoms with Gasteiger partial charge in [0, 0.05) is 24.3 Å². The fourth-order valence-electron chi connectivity index (χ4n) is 3.30. The first-order valence-corrected chi connectivity index (χ1v) is 10.1. The fraction of sp³-hybridized carbons (Fsp3) is 0.286. The van der Waals surface area contributed by atoms with Gasteiger partial charge in [0.15, 0.2) is 5.82 Å². The highest BCUT2D eigenvalue weighted by atomic mass is 35.5. The molecule has 1 aliphatic heterocycles. The average Bonchev–Trinajstić information content (AvgIpc) is 3.00. The summed E-state index contributed by atoms with van der Waals surface area (Å²) in [5.41, 5.74) is 1.01. The molecule has 4 rings (SSSR count). The molecule has 0 atom stereocenters. The van der Waals surface area contributed by atoms with Crippen molar-refractivity contribution in [3.8, 4) is 5.75 Å². The molecule has 1 N–H and O–H groups in total. The highest BCUT2D eigenvalue weighted by Gasteiger charge is 2.22. The second-order valence-corrected chi connectivity index (χ2v) is 7.30. The van der Waals surface area contributed by atoms with Crippen LogP contribution < -0.4 is 15.0 Å². The Labute approximate surface area is 183 Å². The number of benzene rings is 2. The SMILES string of the molecule is COc1ccc(N(Cc2nnc3n2CCOCC3)C(=O)Nc2ccc(F)c(Cl)c2)cc1. The molecule has 0 bridgehead atoms. The zero-order valence-corrected chi connectivity index (χ0v) is 17.6. The second kappa shape index (κ2) is 9.32. The van der Waals surface area contributed by atoms with Gasteiger partial charge in [0.2, 0.25) is 0 Å². The lowest BCUT2D eigenvalue weighted by Crippen LogP contribution is -2.35. The molecule has 2 aromatic carbocycles. The maximum Gasteiger partial charge on any atom is 0.326 e. The van der Waals surface area contributed by atoms with Gasteiger partial charge in [0.1, 0.15) is 17.4 Å². The number of carbonyl (C=O) groups is 1. The highest BCUT2D eigenvalue weighted by Crippen LogP contribution is 2.24. The van der Waals surface area contributed by atoms with Crippen molar-refractivity contribution < 1.29 is 18.7 Å². The fourth-order valence-corrected chi connectivity index (χ4v) is 3.48. The minimum Gasteiger partial charge on any atom is -0.497 e. The molecule has 0 unspecified atom stereocenters. The van der Waals surface area contributed by atoms with Gasteiger partial charge in [-0.15, -0.1) is 10.2 Å². The van der Waals surface area contributed by atoms with E-state index in [9.17, 15) is 9.18 Å². The van der Waals surface area contributed by atoms with Crippen molar-refractivity contribution in [2.45, 2.75) is 19.5 Å². The normalized spacial score (nSPS) is 13.3. The summed E-state index contributed by atoms with van der Waals surface area (Å²) in [5, 5.41) is 11.2. The Kier molecular flexibility index (Phi) is 6.34. The van der Waals surface area contributed by atoms with Crippen LogP contribution in [0.1, 0.15) is 11.6 Å². The largest absolute Gasteiger partial charge is 0.497 e. The molecule has 31 heavy (non-hydrogen) atoms. The molecule has 2 amide bonds. The number of nitrogens with one attached hydrogen (secondary N) is 1. The van der Waals surface area contributed by atoms with Crippen LogP contribution in [0.2, 0.25) is 5.02 Å². The molecular weight excluding hydrogens is 425 g/mol. The van der Waals surface area contributed by atoms with Crippen LogP contribution in [0.3, 0.4) is 0 Å². The third kappa shape index (κ3) is 4.78. The number of nitrogens with zero attached hydrogens (tertiary/aromatic N) is 4. The Balaban J connectivity index is 1.63. The highest BCUT2D eigenvalue weighted by molar-refractivity contribution is 6.31.